The van der Waals surface area contributed by atoms with Gasteiger partial charge in [-0.05, 0) is 51.9 Å². The van der Waals surface area contributed by atoms with Gasteiger partial charge in [0.1, 0.15) is 0 Å². The normalized spacial score (nSPS) is 15.6. The SMILES string of the molecule is CCCC(c1nnc(CNC(C)CC2CC2)n1-c1c(C(=O)c2ccccc2)cccc1C(F)(F)F)N(C)C. The maximum Gasteiger partial charge on any atom is 0.418 e. The van der Waals surface area contributed by atoms with Gasteiger partial charge in [-0.3, -0.25) is 14.3 Å². The Morgan fingerprint density at radius 3 is 2.42 bits per heavy atom. The van der Waals surface area contributed by atoms with Crippen molar-refractivity contribution in [3.8, 4) is 5.69 Å². The molecule has 2 unspecified atom stereocenters. The van der Waals surface area contributed by atoms with E-state index in [1.54, 1.807) is 30.3 Å². The van der Waals surface area contributed by atoms with Gasteiger partial charge in [-0.2, -0.15) is 13.2 Å². The number of nitrogens with zero attached hydrogens (tertiary/aromatic N) is 4. The Labute approximate surface area is 222 Å². The molecule has 1 saturated carbocycles. The van der Waals surface area contributed by atoms with Gasteiger partial charge in [-0.1, -0.05) is 62.6 Å². The summed E-state index contributed by atoms with van der Waals surface area (Å²) in [4.78, 5) is 15.6. The number of benzene rings is 2. The Balaban J connectivity index is 1.91. The molecule has 0 bridgehead atoms. The molecule has 1 heterocycles. The number of nitrogens with one attached hydrogen (secondary N) is 1. The van der Waals surface area contributed by atoms with Crippen molar-refractivity contribution < 1.29 is 18.0 Å². The second-order valence-electron chi connectivity index (χ2n) is 10.4. The van der Waals surface area contributed by atoms with Crippen molar-refractivity contribution >= 4 is 5.78 Å². The molecular weight excluding hydrogens is 491 g/mol. The topological polar surface area (TPSA) is 63.1 Å². The van der Waals surface area contributed by atoms with Crippen LogP contribution in [0.3, 0.4) is 0 Å². The third-order valence-corrected chi connectivity index (χ3v) is 7.08. The fourth-order valence-corrected chi connectivity index (χ4v) is 4.94. The van der Waals surface area contributed by atoms with Crippen LogP contribution >= 0.6 is 0 Å². The zero-order valence-corrected chi connectivity index (χ0v) is 22.4. The zero-order chi connectivity index (χ0) is 27.4. The summed E-state index contributed by atoms with van der Waals surface area (Å²) in [5.74, 6) is 0.964. The second-order valence-corrected chi connectivity index (χ2v) is 10.4. The molecule has 1 aliphatic carbocycles. The molecule has 0 spiro atoms. The number of carbonyl (C=O) groups excluding carboxylic acids is 1. The van der Waals surface area contributed by atoms with Gasteiger partial charge in [0, 0.05) is 17.2 Å². The molecule has 2 aromatic carbocycles. The smallest absolute Gasteiger partial charge is 0.307 e. The predicted octanol–water partition coefficient (Wildman–Crippen LogP) is 6.20. The third-order valence-electron chi connectivity index (χ3n) is 7.08. The van der Waals surface area contributed by atoms with E-state index in [0.29, 0.717) is 29.6 Å². The molecule has 0 amide bonds. The number of carbonyl (C=O) groups is 1. The van der Waals surface area contributed by atoms with Gasteiger partial charge in [0.25, 0.3) is 0 Å². The lowest BCUT2D eigenvalue weighted by Crippen LogP contribution is -2.29. The molecule has 4 rings (SSSR count). The first-order valence-corrected chi connectivity index (χ1v) is 13.3. The quantitative estimate of drug-likeness (QED) is 0.284. The maximum absolute atomic E-state index is 14.5. The lowest BCUT2D eigenvalue weighted by atomic mass is 9.97. The van der Waals surface area contributed by atoms with Crippen LogP contribution in [0.25, 0.3) is 5.69 Å². The second kappa shape index (κ2) is 11.8. The Morgan fingerprint density at radius 1 is 1.11 bits per heavy atom. The molecule has 2 atom stereocenters. The highest BCUT2D eigenvalue weighted by Crippen LogP contribution is 2.39. The van der Waals surface area contributed by atoms with Crippen LogP contribution < -0.4 is 5.32 Å². The summed E-state index contributed by atoms with van der Waals surface area (Å²) >= 11 is 0. The van der Waals surface area contributed by atoms with Gasteiger partial charge in [0.2, 0.25) is 0 Å². The highest BCUT2D eigenvalue weighted by Gasteiger charge is 2.38. The first-order chi connectivity index (χ1) is 18.1. The van der Waals surface area contributed by atoms with Crippen LogP contribution in [0.1, 0.15) is 85.1 Å². The number of aromatic nitrogens is 3. The first-order valence-electron chi connectivity index (χ1n) is 13.3. The Morgan fingerprint density at radius 2 is 1.82 bits per heavy atom. The Kier molecular flexibility index (Phi) is 8.67. The van der Waals surface area contributed by atoms with Crippen molar-refractivity contribution in [1.29, 1.82) is 0 Å². The lowest BCUT2D eigenvalue weighted by Gasteiger charge is -2.26. The molecule has 1 fully saturated rings. The number of halogens is 3. The van der Waals surface area contributed by atoms with Gasteiger partial charge in [-0.15, -0.1) is 10.2 Å². The Hall–Kier alpha value is -3.04. The molecule has 1 N–H and O–H groups in total. The van der Waals surface area contributed by atoms with Crippen LogP contribution in [-0.4, -0.2) is 45.6 Å². The molecular formula is C29H36F3N5O. The van der Waals surface area contributed by atoms with E-state index in [1.807, 2.05) is 25.9 Å². The van der Waals surface area contributed by atoms with Gasteiger partial charge >= 0.3 is 6.18 Å². The van der Waals surface area contributed by atoms with Crippen molar-refractivity contribution in [3.05, 3.63) is 76.9 Å². The number of hydrogen-bond acceptors (Lipinski definition) is 5. The zero-order valence-electron chi connectivity index (χ0n) is 22.4. The van der Waals surface area contributed by atoms with Crippen LogP contribution in [-0.2, 0) is 12.7 Å². The Bertz CT molecular complexity index is 1230. The van der Waals surface area contributed by atoms with E-state index in [1.165, 1.54) is 29.5 Å². The van der Waals surface area contributed by atoms with Crippen LogP contribution in [0.4, 0.5) is 13.2 Å². The number of hydrogen-bond donors (Lipinski definition) is 1. The van der Waals surface area contributed by atoms with Crippen LogP contribution in [0.5, 0.6) is 0 Å². The van der Waals surface area contributed by atoms with Crippen molar-refractivity contribution in [2.45, 2.75) is 70.8 Å². The molecule has 1 aromatic heterocycles. The van der Waals surface area contributed by atoms with Crippen LogP contribution in [0.2, 0.25) is 0 Å². The minimum atomic E-state index is -4.69. The van der Waals surface area contributed by atoms with Crippen molar-refractivity contribution in [3.63, 3.8) is 0 Å². The van der Waals surface area contributed by atoms with E-state index in [4.69, 9.17) is 0 Å². The minimum absolute atomic E-state index is 0.0339. The predicted molar refractivity (Wildman–Crippen MR) is 141 cm³/mol. The van der Waals surface area contributed by atoms with Gasteiger partial charge < -0.3 is 5.32 Å². The summed E-state index contributed by atoms with van der Waals surface area (Å²) in [6, 6.07) is 12.1. The first kappa shape index (κ1) is 28.0. The molecule has 0 saturated heterocycles. The van der Waals surface area contributed by atoms with Crippen LogP contribution in [0.15, 0.2) is 48.5 Å². The van der Waals surface area contributed by atoms with Crippen molar-refractivity contribution in [2.75, 3.05) is 14.1 Å². The molecule has 6 nitrogen and oxygen atoms in total. The fraction of sp³-hybridized carbons (Fsp3) is 0.483. The lowest BCUT2D eigenvalue weighted by molar-refractivity contribution is -0.137. The molecule has 1 aliphatic rings. The maximum atomic E-state index is 14.5. The summed E-state index contributed by atoms with van der Waals surface area (Å²) < 4.78 is 45.1. The van der Waals surface area contributed by atoms with E-state index in [0.717, 1.165) is 18.9 Å². The molecule has 0 aliphatic heterocycles. The monoisotopic (exact) mass is 527 g/mol. The molecule has 38 heavy (non-hydrogen) atoms. The van der Waals surface area contributed by atoms with Crippen molar-refractivity contribution in [1.82, 2.24) is 25.0 Å². The number of para-hydroxylation sites is 1. The third kappa shape index (κ3) is 6.32. The van der Waals surface area contributed by atoms with Crippen molar-refractivity contribution in [2.24, 2.45) is 5.92 Å². The van der Waals surface area contributed by atoms with Crippen LogP contribution in [0, 0.1) is 5.92 Å². The standard InChI is InChI=1S/C29H36F3N5O/c1-5-10-24(36(3)4)28-35-34-25(18-33-19(2)17-20-15-16-20)37(28)26-22(13-9-14-23(26)29(30,31)32)27(38)21-11-7-6-8-12-21/h6-9,11-14,19-20,24,33H,5,10,15-18H2,1-4H3. The summed E-state index contributed by atoms with van der Waals surface area (Å²) in [6.07, 6.45) is 0.237. The average molecular weight is 528 g/mol. The highest BCUT2D eigenvalue weighted by atomic mass is 19.4. The number of ketones is 1. The summed E-state index contributed by atoms with van der Waals surface area (Å²) in [5.41, 5.74) is -0.823. The molecule has 9 heteroatoms. The largest absolute Gasteiger partial charge is 0.418 e. The van der Waals surface area contributed by atoms with Gasteiger partial charge in [0.05, 0.1) is 23.8 Å². The molecule has 204 valence electrons. The summed E-state index contributed by atoms with van der Waals surface area (Å²) in [7, 11) is 3.75. The number of alkyl halides is 3. The number of rotatable bonds is 12. The molecule has 0 radical (unpaired) electrons. The van der Waals surface area contributed by atoms with E-state index >= 15 is 0 Å². The summed E-state index contributed by atoms with van der Waals surface area (Å²) in [5, 5.41) is 12.2. The fourth-order valence-electron chi connectivity index (χ4n) is 4.94. The van der Waals surface area contributed by atoms with E-state index in [-0.39, 0.29) is 29.9 Å². The van der Waals surface area contributed by atoms with E-state index < -0.39 is 17.5 Å². The van der Waals surface area contributed by atoms with Gasteiger partial charge in [0.15, 0.2) is 17.4 Å². The van der Waals surface area contributed by atoms with Gasteiger partial charge in [-0.25, -0.2) is 0 Å². The minimum Gasteiger partial charge on any atom is -0.307 e. The highest BCUT2D eigenvalue weighted by molar-refractivity contribution is 6.11. The van der Waals surface area contributed by atoms with E-state index in [9.17, 15) is 18.0 Å². The summed E-state index contributed by atoms with van der Waals surface area (Å²) in [6.45, 7) is 4.33. The average Bonchev–Trinajstić information content (AvgIpc) is 3.61. The van der Waals surface area contributed by atoms with E-state index in [2.05, 4.69) is 22.4 Å². The molecule has 3 aromatic rings.